The van der Waals surface area contributed by atoms with Crippen molar-refractivity contribution in [2.24, 2.45) is 0 Å². The van der Waals surface area contributed by atoms with Gasteiger partial charge in [0.2, 0.25) is 0 Å². The molecule has 0 rings (SSSR count). The summed E-state index contributed by atoms with van der Waals surface area (Å²) in [5.74, 6) is 0. The van der Waals surface area contributed by atoms with Gasteiger partial charge in [-0.1, -0.05) is 0 Å². The molecule has 0 bridgehead atoms. The Kier molecular flexibility index (Phi) is 10.4. The summed E-state index contributed by atoms with van der Waals surface area (Å²) in [6.45, 7) is 0. The number of rotatable bonds is 2. The van der Waals surface area contributed by atoms with E-state index in [1.807, 2.05) is 0 Å². The minimum Gasteiger partial charge on any atom is -0.640 e. The van der Waals surface area contributed by atoms with Crippen LogP contribution in [-0.4, -0.2) is 21.6 Å². The first-order valence-corrected chi connectivity index (χ1v) is 4.86. The van der Waals surface area contributed by atoms with Gasteiger partial charge in [0.1, 0.15) is 0 Å². The van der Waals surface area contributed by atoms with Crippen LogP contribution in [0.5, 0.6) is 0 Å². The third-order valence-electron chi connectivity index (χ3n) is 0.271. The minimum absolute atomic E-state index is 0. The maximum atomic E-state index is 10.1. The van der Waals surface area contributed by atoms with Crippen LogP contribution in [0, 0.1) is 5.08 Å². The first-order valence-electron chi connectivity index (χ1n) is 1.62. The Hall–Kier alpha value is 1.62. The smallest absolute Gasteiger partial charge is 0.640 e. The molecule has 0 N–H and O–H groups in total. The largest absolute Gasteiger partial charge is 1.00 e. The van der Waals surface area contributed by atoms with Gasteiger partial charge in [-0.25, -0.2) is 0 Å². The van der Waals surface area contributed by atoms with E-state index >= 15 is 0 Å². The average molecular weight is 162 g/mol. The van der Waals surface area contributed by atoms with Gasteiger partial charge in [0.25, 0.3) is 0 Å². The quantitative estimate of drug-likeness (QED) is 0.245. The van der Waals surface area contributed by atoms with Gasteiger partial charge in [-0.15, -0.1) is 0 Å². The van der Waals surface area contributed by atoms with Gasteiger partial charge < -0.3 is 9.11 Å². The average Bonchev–Trinajstić information content (AvgIpc) is 1.27. The van der Waals surface area contributed by atoms with Gasteiger partial charge in [0, 0.05) is 0 Å². The van der Waals surface area contributed by atoms with E-state index in [2.05, 4.69) is 0 Å². The zero-order valence-corrected chi connectivity index (χ0v) is 8.84. The van der Waals surface area contributed by atoms with Crippen LogP contribution in [0.1, 0.15) is 0 Å². The second-order valence-corrected chi connectivity index (χ2v) is 3.86. The third kappa shape index (κ3) is 10.6. The zero-order valence-electron chi connectivity index (χ0n) is 5.21. The fourth-order valence-electron chi connectivity index (χ4n) is 0.191. The van der Waals surface area contributed by atoms with Crippen molar-refractivity contribution in [2.75, 3.05) is 12.5 Å². The first kappa shape index (κ1) is 12.3. The van der Waals surface area contributed by atoms with Crippen molar-refractivity contribution in [1.82, 2.24) is 0 Å². The molecule has 0 radical (unpaired) electrons. The molecular weight excluding hydrogens is 155 g/mol. The Bertz CT molecular complexity index is 44.5. The van der Waals surface area contributed by atoms with E-state index in [1.54, 1.807) is 0 Å². The van der Waals surface area contributed by atoms with Crippen molar-refractivity contribution in [2.45, 2.75) is 0 Å². The van der Waals surface area contributed by atoms with Gasteiger partial charge >= 0.3 is 29.6 Å². The molecule has 44 valence electrons. The van der Waals surface area contributed by atoms with Crippen LogP contribution in [0.15, 0.2) is 0 Å². The molecule has 8 heavy (non-hydrogen) atoms. The molecule has 2 nitrogen and oxygen atoms in total. The molecule has 0 aromatic rings. The fourth-order valence-corrected chi connectivity index (χ4v) is 1.72. The SMILES string of the molecule is C[S+]([O-])[CH-][S+](C)[O-].[Na+]. The molecule has 0 saturated carbocycles. The van der Waals surface area contributed by atoms with Crippen LogP contribution in [0.2, 0.25) is 0 Å². The molecule has 5 heteroatoms. The summed E-state index contributed by atoms with van der Waals surface area (Å²) in [6.07, 6.45) is 2.98. The minimum atomic E-state index is -1.02. The van der Waals surface area contributed by atoms with Crippen LogP contribution in [0.3, 0.4) is 0 Å². The molecule has 0 aromatic heterocycles. The summed E-state index contributed by atoms with van der Waals surface area (Å²) in [6, 6.07) is 0. The van der Waals surface area contributed by atoms with Crippen LogP contribution in [-0.2, 0) is 22.4 Å². The van der Waals surface area contributed by atoms with Gasteiger partial charge in [0.15, 0.2) is 0 Å². The van der Waals surface area contributed by atoms with E-state index in [9.17, 15) is 9.11 Å². The van der Waals surface area contributed by atoms with Crippen LogP contribution < -0.4 is 29.6 Å². The maximum Gasteiger partial charge on any atom is 1.00 e. The molecule has 0 saturated heterocycles. The summed E-state index contributed by atoms with van der Waals surface area (Å²) in [5, 5.41) is 1.28. The Morgan fingerprint density at radius 2 is 1.38 bits per heavy atom. The predicted molar refractivity (Wildman–Crippen MR) is 32.4 cm³/mol. The maximum absolute atomic E-state index is 10.1. The normalized spacial score (nSPS) is 16.5. The van der Waals surface area contributed by atoms with Gasteiger partial charge in [-0.2, -0.15) is 22.4 Å². The molecule has 0 aliphatic carbocycles. The Morgan fingerprint density at radius 3 is 1.38 bits per heavy atom. The molecule has 2 unspecified atom stereocenters. The fraction of sp³-hybridized carbons (Fsp3) is 0.667. The molecule has 0 aliphatic heterocycles. The monoisotopic (exact) mass is 162 g/mol. The predicted octanol–water partition coefficient (Wildman–Crippen LogP) is -3.13. The van der Waals surface area contributed by atoms with E-state index < -0.39 is 22.4 Å². The van der Waals surface area contributed by atoms with Crippen molar-refractivity contribution in [1.29, 1.82) is 0 Å². The molecule has 0 spiro atoms. The molecular formula is C3H7NaO2S2. The summed E-state index contributed by atoms with van der Waals surface area (Å²) in [4.78, 5) is 0. The number of hydrogen-bond acceptors (Lipinski definition) is 2. The Labute approximate surface area is 78.1 Å². The summed E-state index contributed by atoms with van der Waals surface area (Å²) in [7, 11) is 0. The van der Waals surface area contributed by atoms with Gasteiger partial charge in [-0.3, -0.25) is 0 Å². The topological polar surface area (TPSA) is 46.1 Å². The van der Waals surface area contributed by atoms with E-state index in [-0.39, 0.29) is 29.6 Å². The van der Waals surface area contributed by atoms with Crippen molar-refractivity contribution >= 4 is 22.4 Å². The van der Waals surface area contributed by atoms with Crippen LogP contribution in [0.25, 0.3) is 0 Å². The summed E-state index contributed by atoms with van der Waals surface area (Å²) < 4.78 is 20.2. The second-order valence-electron chi connectivity index (χ2n) is 1.09. The van der Waals surface area contributed by atoms with E-state index in [4.69, 9.17) is 0 Å². The van der Waals surface area contributed by atoms with Gasteiger partial charge in [0.05, 0.1) is 17.6 Å². The zero-order chi connectivity index (χ0) is 5.86. The van der Waals surface area contributed by atoms with E-state index in [1.165, 1.54) is 17.6 Å². The molecule has 0 amide bonds. The first-order chi connectivity index (χ1) is 3.13. The molecule has 0 heterocycles. The second kappa shape index (κ2) is 6.74. The van der Waals surface area contributed by atoms with Crippen molar-refractivity contribution in [3.05, 3.63) is 5.08 Å². The van der Waals surface area contributed by atoms with Gasteiger partial charge in [-0.05, 0) is 0 Å². The van der Waals surface area contributed by atoms with Crippen LogP contribution >= 0.6 is 0 Å². The third-order valence-corrected chi connectivity index (χ3v) is 2.44. The summed E-state index contributed by atoms with van der Waals surface area (Å²) >= 11 is -2.04. The molecule has 0 fully saturated rings. The van der Waals surface area contributed by atoms with Crippen molar-refractivity contribution < 1.29 is 38.7 Å². The molecule has 0 aliphatic rings. The van der Waals surface area contributed by atoms with E-state index in [0.29, 0.717) is 0 Å². The number of hydrogen-bond donors (Lipinski definition) is 0. The van der Waals surface area contributed by atoms with Crippen molar-refractivity contribution in [3.63, 3.8) is 0 Å². The van der Waals surface area contributed by atoms with Crippen LogP contribution in [0.4, 0.5) is 0 Å². The Balaban J connectivity index is 0. The van der Waals surface area contributed by atoms with Crippen molar-refractivity contribution in [3.8, 4) is 0 Å². The standard InChI is InChI=1S/C3H7O2S2.Na/c1-6(4)3-7(2)5;/h3H,1-2H3;/q-1;+1. The molecule has 0 aromatic carbocycles. The van der Waals surface area contributed by atoms with E-state index in [0.717, 1.165) is 0 Å². The molecule has 2 atom stereocenters. The summed E-state index contributed by atoms with van der Waals surface area (Å²) in [5.41, 5.74) is 0. The Morgan fingerprint density at radius 1 is 1.12 bits per heavy atom.